The first kappa shape index (κ1) is 12.5. The average Bonchev–Trinajstić information content (AvgIpc) is 2.24. The summed E-state index contributed by atoms with van der Waals surface area (Å²) in [6.07, 6.45) is 3.53. The molecule has 0 spiro atoms. The van der Waals surface area contributed by atoms with E-state index < -0.39 is 0 Å². The van der Waals surface area contributed by atoms with Gasteiger partial charge in [-0.05, 0) is 37.8 Å². The Labute approximate surface area is 94.3 Å². The summed E-state index contributed by atoms with van der Waals surface area (Å²) in [5.74, 6) is 1.21. The van der Waals surface area contributed by atoms with Gasteiger partial charge in [0.25, 0.3) is 0 Å². The number of hydrogen-bond acceptors (Lipinski definition) is 2. The van der Waals surface area contributed by atoms with Gasteiger partial charge in [-0.3, -0.25) is 4.90 Å². The molecule has 0 radical (unpaired) electrons. The molecule has 0 bridgehead atoms. The molecule has 0 aromatic rings. The molecule has 1 saturated carbocycles. The quantitative estimate of drug-likeness (QED) is 0.713. The highest BCUT2D eigenvalue weighted by Crippen LogP contribution is 2.40. The van der Waals surface area contributed by atoms with Crippen molar-refractivity contribution in [1.82, 2.24) is 4.90 Å². The summed E-state index contributed by atoms with van der Waals surface area (Å²) in [7, 11) is 0. The molecule has 1 aliphatic rings. The van der Waals surface area contributed by atoms with Crippen LogP contribution in [0.2, 0.25) is 0 Å². The van der Waals surface area contributed by atoms with Crippen LogP contribution in [-0.2, 0) is 0 Å². The Bertz CT molecular complexity index is 239. The maximum atomic E-state index is 9.57. The van der Waals surface area contributed by atoms with Crippen LogP contribution >= 0.6 is 0 Å². The summed E-state index contributed by atoms with van der Waals surface area (Å²) in [5.41, 5.74) is -0.193. The molecule has 0 aromatic heterocycles. The monoisotopic (exact) mass is 208 g/mol. The molecule has 0 N–H and O–H groups in total. The molecule has 0 heterocycles. The van der Waals surface area contributed by atoms with E-state index in [0.29, 0.717) is 11.8 Å². The van der Waals surface area contributed by atoms with Gasteiger partial charge in [0.15, 0.2) is 0 Å². The molecule has 0 saturated heterocycles. The molecule has 1 rings (SSSR count). The van der Waals surface area contributed by atoms with Crippen LogP contribution in [0, 0.1) is 23.2 Å². The number of nitriles is 1. The van der Waals surface area contributed by atoms with Crippen molar-refractivity contribution in [3.05, 3.63) is 0 Å². The van der Waals surface area contributed by atoms with Crippen LogP contribution < -0.4 is 0 Å². The summed E-state index contributed by atoms with van der Waals surface area (Å²) in [5, 5.41) is 9.57. The highest BCUT2D eigenvalue weighted by Gasteiger charge is 2.44. The van der Waals surface area contributed by atoms with Gasteiger partial charge < -0.3 is 0 Å². The lowest BCUT2D eigenvalue weighted by Crippen LogP contribution is -2.55. The van der Waals surface area contributed by atoms with E-state index in [-0.39, 0.29) is 5.54 Å². The normalized spacial score (nSPS) is 36.5. The van der Waals surface area contributed by atoms with Gasteiger partial charge in [0.05, 0.1) is 6.07 Å². The Hall–Kier alpha value is -0.550. The van der Waals surface area contributed by atoms with Crippen LogP contribution in [0.15, 0.2) is 0 Å². The molecule has 0 aromatic carbocycles. The topological polar surface area (TPSA) is 27.0 Å². The van der Waals surface area contributed by atoms with E-state index in [0.717, 1.165) is 19.5 Å². The number of nitrogens with zero attached hydrogens (tertiary/aromatic N) is 2. The molecule has 0 amide bonds. The minimum atomic E-state index is -0.193. The van der Waals surface area contributed by atoms with Gasteiger partial charge in [0.2, 0.25) is 0 Å². The molecule has 2 nitrogen and oxygen atoms in total. The summed E-state index contributed by atoms with van der Waals surface area (Å²) in [6, 6.07) is 2.63. The second-order valence-electron chi connectivity index (χ2n) is 5.00. The fourth-order valence-corrected chi connectivity index (χ4v) is 3.06. The lowest BCUT2D eigenvalue weighted by Gasteiger charge is -2.46. The maximum Gasteiger partial charge on any atom is 0.112 e. The van der Waals surface area contributed by atoms with Gasteiger partial charge in [-0.2, -0.15) is 5.26 Å². The fraction of sp³-hybridized carbons (Fsp3) is 0.923. The van der Waals surface area contributed by atoms with E-state index in [1.807, 2.05) is 0 Å². The Morgan fingerprint density at radius 3 is 2.33 bits per heavy atom. The number of hydrogen-bond donors (Lipinski definition) is 0. The third-order valence-corrected chi connectivity index (χ3v) is 4.09. The summed E-state index contributed by atoms with van der Waals surface area (Å²) in [6.45, 7) is 10.8. The molecule has 3 atom stereocenters. The van der Waals surface area contributed by atoms with Gasteiger partial charge in [0, 0.05) is 0 Å². The predicted octanol–water partition coefficient (Wildman–Crippen LogP) is 3.05. The standard InChI is InChI=1S/C13H24N2/c1-5-15(6-2)13(10-14)9-11(3)7-8-12(13)4/h11-12H,5-9H2,1-4H3. The Morgan fingerprint density at radius 2 is 1.87 bits per heavy atom. The Balaban J connectivity index is 2.94. The maximum absolute atomic E-state index is 9.57. The van der Waals surface area contributed by atoms with Gasteiger partial charge in [-0.15, -0.1) is 0 Å². The number of rotatable bonds is 3. The van der Waals surface area contributed by atoms with Gasteiger partial charge in [-0.25, -0.2) is 0 Å². The third kappa shape index (κ3) is 2.18. The van der Waals surface area contributed by atoms with Crippen molar-refractivity contribution in [3.63, 3.8) is 0 Å². The smallest absolute Gasteiger partial charge is 0.112 e. The highest BCUT2D eigenvalue weighted by molar-refractivity contribution is 5.13. The Morgan fingerprint density at radius 1 is 1.27 bits per heavy atom. The van der Waals surface area contributed by atoms with Crippen LogP contribution in [0.5, 0.6) is 0 Å². The van der Waals surface area contributed by atoms with Crippen LogP contribution in [0.25, 0.3) is 0 Å². The lowest BCUT2D eigenvalue weighted by atomic mass is 9.69. The van der Waals surface area contributed by atoms with Crippen molar-refractivity contribution in [2.75, 3.05) is 13.1 Å². The van der Waals surface area contributed by atoms with Crippen molar-refractivity contribution in [2.24, 2.45) is 11.8 Å². The second kappa shape index (κ2) is 4.99. The van der Waals surface area contributed by atoms with Crippen LogP contribution in [0.4, 0.5) is 0 Å². The van der Waals surface area contributed by atoms with Gasteiger partial charge in [0.1, 0.15) is 5.54 Å². The second-order valence-corrected chi connectivity index (χ2v) is 5.00. The minimum Gasteiger partial charge on any atom is -0.286 e. The van der Waals surface area contributed by atoms with Crippen molar-refractivity contribution < 1.29 is 0 Å². The molecule has 0 aliphatic heterocycles. The zero-order valence-electron chi connectivity index (χ0n) is 10.6. The molecule has 15 heavy (non-hydrogen) atoms. The molecule has 2 heteroatoms. The lowest BCUT2D eigenvalue weighted by molar-refractivity contribution is 0.0418. The minimum absolute atomic E-state index is 0.193. The van der Waals surface area contributed by atoms with Crippen molar-refractivity contribution >= 4 is 0 Å². The first-order valence-electron chi connectivity index (χ1n) is 6.27. The summed E-state index contributed by atoms with van der Waals surface area (Å²) < 4.78 is 0. The summed E-state index contributed by atoms with van der Waals surface area (Å²) >= 11 is 0. The first-order chi connectivity index (χ1) is 7.10. The zero-order valence-corrected chi connectivity index (χ0v) is 10.6. The van der Waals surface area contributed by atoms with Crippen LogP contribution in [0.1, 0.15) is 47.0 Å². The van der Waals surface area contributed by atoms with E-state index >= 15 is 0 Å². The van der Waals surface area contributed by atoms with Crippen LogP contribution in [-0.4, -0.2) is 23.5 Å². The van der Waals surface area contributed by atoms with Crippen molar-refractivity contribution in [2.45, 2.75) is 52.5 Å². The molecule has 1 aliphatic carbocycles. The Kier molecular flexibility index (Phi) is 4.16. The van der Waals surface area contributed by atoms with Crippen LogP contribution in [0.3, 0.4) is 0 Å². The van der Waals surface area contributed by atoms with E-state index in [4.69, 9.17) is 0 Å². The van der Waals surface area contributed by atoms with E-state index in [1.54, 1.807) is 0 Å². The van der Waals surface area contributed by atoms with Crippen molar-refractivity contribution in [3.8, 4) is 6.07 Å². The molecular formula is C13H24N2. The fourth-order valence-electron chi connectivity index (χ4n) is 3.06. The van der Waals surface area contributed by atoms with E-state index in [2.05, 4.69) is 38.7 Å². The summed E-state index contributed by atoms with van der Waals surface area (Å²) in [4.78, 5) is 2.35. The zero-order chi connectivity index (χ0) is 11.5. The molecule has 1 fully saturated rings. The first-order valence-corrected chi connectivity index (χ1v) is 6.27. The van der Waals surface area contributed by atoms with E-state index in [1.165, 1.54) is 12.8 Å². The largest absolute Gasteiger partial charge is 0.286 e. The van der Waals surface area contributed by atoms with Crippen molar-refractivity contribution in [1.29, 1.82) is 5.26 Å². The third-order valence-electron chi connectivity index (χ3n) is 4.09. The average molecular weight is 208 g/mol. The van der Waals surface area contributed by atoms with E-state index in [9.17, 15) is 5.26 Å². The molecular weight excluding hydrogens is 184 g/mol. The highest BCUT2D eigenvalue weighted by atomic mass is 15.2. The molecule has 86 valence electrons. The molecule has 3 unspecified atom stereocenters. The van der Waals surface area contributed by atoms with Gasteiger partial charge >= 0.3 is 0 Å². The SMILES string of the molecule is CCN(CC)C1(C#N)CC(C)CCC1C. The predicted molar refractivity (Wildman–Crippen MR) is 63.4 cm³/mol. The van der Waals surface area contributed by atoms with Gasteiger partial charge in [-0.1, -0.05) is 34.1 Å².